The third-order valence-electron chi connectivity index (χ3n) is 5.04. The maximum Gasteiger partial charge on any atom is 0.209 e. The Morgan fingerprint density at radius 3 is 2.76 bits per heavy atom. The van der Waals surface area contributed by atoms with Crippen LogP contribution in [-0.4, -0.2) is 15.8 Å². The van der Waals surface area contributed by atoms with E-state index >= 15 is 0 Å². The highest BCUT2D eigenvalue weighted by atomic mass is 32.1. The largest absolute Gasteiger partial charge is 0.359 e. The predicted octanol–water partition coefficient (Wildman–Crippen LogP) is 5.13. The van der Waals surface area contributed by atoms with Gasteiger partial charge in [-0.05, 0) is 59.0 Å². The van der Waals surface area contributed by atoms with Gasteiger partial charge >= 0.3 is 0 Å². The Hall–Kier alpha value is -2.72. The van der Waals surface area contributed by atoms with Crippen LogP contribution in [0, 0.1) is 0 Å². The van der Waals surface area contributed by atoms with Crippen LogP contribution in [0.25, 0.3) is 10.2 Å². The number of ketones is 1. The summed E-state index contributed by atoms with van der Waals surface area (Å²) in [6.07, 6.45) is 4.86. The number of pyridine rings is 1. The first-order valence-electron chi connectivity index (χ1n) is 8.41. The molecular weight excluding hydrogens is 328 g/mol. The van der Waals surface area contributed by atoms with E-state index in [0.717, 1.165) is 10.4 Å². The Balaban J connectivity index is 1.39. The van der Waals surface area contributed by atoms with Crippen LogP contribution >= 0.6 is 11.3 Å². The highest BCUT2D eigenvalue weighted by molar-refractivity contribution is 7.16. The number of nitrogens with one attached hydrogen (secondary N) is 1. The molecule has 4 heteroatoms. The number of benzene rings is 1. The SMILES string of the molecule is O=C(c1ccc(C2CC2c2ccnc3sccc23)cc1)c1ccc[nH]1. The number of carbonyl (C=O) groups excluding carboxylic acids is 1. The average Bonchev–Trinajstić information content (AvgIpc) is 3.05. The van der Waals surface area contributed by atoms with Gasteiger partial charge < -0.3 is 4.98 Å². The monoisotopic (exact) mass is 344 g/mol. The van der Waals surface area contributed by atoms with E-state index in [1.807, 2.05) is 30.5 Å². The lowest BCUT2D eigenvalue weighted by atomic mass is 10.0. The van der Waals surface area contributed by atoms with E-state index in [0.29, 0.717) is 17.5 Å². The number of carbonyl (C=O) groups is 1. The number of H-pyrrole nitrogens is 1. The molecule has 0 bridgehead atoms. The van der Waals surface area contributed by atoms with Gasteiger partial charge in [-0.3, -0.25) is 4.79 Å². The van der Waals surface area contributed by atoms with Crippen molar-refractivity contribution in [3.8, 4) is 0 Å². The Labute approximate surface area is 149 Å². The summed E-state index contributed by atoms with van der Waals surface area (Å²) < 4.78 is 0. The molecule has 0 radical (unpaired) electrons. The summed E-state index contributed by atoms with van der Waals surface area (Å²) in [5.41, 5.74) is 4.08. The van der Waals surface area contributed by atoms with Gasteiger partial charge in [-0.1, -0.05) is 24.3 Å². The second-order valence-corrected chi connectivity index (χ2v) is 7.42. The maximum absolute atomic E-state index is 12.4. The third-order valence-corrected chi connectivity index (χ3v) is 5.86. The minimum atomic E-state index is 0.0398. The molecule has 0 amide bonds. The molecule has 0 aliphatic heterocycles. The van der Waals surface area contributed by atoms with E-state index in [-0.39, 0.29) is 5.78 Å². The van der Waals surface area contributed by atoms with Gasteiger partial charge in [0.2, 0.25) is 5.78 Å². The van der Waals surface area contributed by atoms with Gasteiger partial charge in [0.15, 0.2) is 0 Å². The fourth-order valence-electron chi connectivity index (χ4n) is 3.64. The summed E-state index contributed by atoms with van der Waals surface area (Å²) in [5.74, 6) is 1.14. The lowest BCUT2D eigenvalue weighted by Gasteiger charge is -2.05. The minimum Gasteiger partial charge on any atom is -0.359 e. The van der Waals surface area contributed by atoms with E-state index in [9.17, 15) is 4.79 Å². The zero-order chi connectivity index (χ0) is 16.8. The average molecular weight is 344 g/mol. The van der Waals surface area contributed by atoms with Gasteiger partial charge in [0.1, 0.15) is 4.83 Å². The molecule has 2 unspecified atom stereocenters. The van der Waals surface area contributed by atoms with Crippen molar-refractivity contribution < 1.29 is 4.79 Å². The number of aromatic nitrogens is 2. The van der Waals surface area contributed by atoms with Crippen molar-refractivity contribution in [1.29, 1.82) is 0 Å². The van der Waals surface area contributed by atoms with Crippen molar-refractivity contribution in [2.24, 2.45) is 0 Å². The van der Waals surface area contributed by atoms with Gasteiger partial charge in [-0.25, -0.2) is 4.98 Å². The fraction of sp³-hybridized carbons (Fsp3) is 0.143. The van der Waals surface area contributed by atoms with E-state index in [2.05, 4.69) is 39.6 Å². The molecule has 1 saturated carbocycles. The quantitative estimate of drug-likeness (QED) is 0.522. The van der Waals surface area contributed by atoms with Crippen LogP contribution in [0.4, 0.5) is 0 Å². The van der Waals surface area contributed by atoms with Crippen molar-refractivity contribution >= 4 is 27.3 Å². The van der Waals surface area contributed by atoms with Crippen LogP contribution in [-0.2, 0) is 0 Å². The lowest BCUT2D eigenvalue weighted by Crippen LogP contribution is -2.01. The molecule has 122 valence electrons. The van der Waals surface area contributed by atoms with E-state index in [1.165, 1.54) is 22.9 Å². The molecule has 25 heavy (non-hydrogen) atoms. The predicted molar refractivity (Wildman–Crippen MR) is 100 cm³/mol. The maximum atomic E-state index is 12.4. The number of hydrogen-bond donors (Lipinski definition) is 1. The highest BCUT2D eigenvalue weighted by Gasteiger charge is 2.40. The van der Waals surface area contributed by atoms with Crippen LogP contribution in [0.1, 0.15) is 45.4 Å². The fourth-order valence-corrected chi connectivity index (χ4v) is 4.40. The van der Waals surface area contributed by atoms with Crippen LogP contribution in [0.2, 0.25) is 0 Å². The first-order chi connectivity index (χ1) is 12.3. The van der Waals surface area contributed by atoms with Crippen molar-refractivity contribution in [3.05, 3.63) is 88.7 Å². The normalized spacial score (nSPS) is 19.2. The Morgan fingerprint density at radius 2 is 1.96 bits per heavy atom. The summed E-state index contributed by atoms with van der Waals surface area (Å²) in [4.78, 5) is 20.9. The standard InChI is InChI=1S/C21H16N2OS/c24-20(19-2-1-9-22-19)14-5-3-13(4-6-14)17-12-18(17)15-7-10-23-21-16(15)8-11-25-21/h1-11,17-18,22H,12H2. The molecule has 4 aromatic rings. The molecule has 0 spiro atoms. The lowest BCUT2D eigenvalue weighted by molar-refractivity contribution is 0.103. The van der Waals surface area contributed by atoms with Gasteiger partial charge in [0.05, 0.1) is 5.69 Å². The van der Waals surface area contributed by atoms with E-state index in [1.54, 1.807) is 17.5 Å². The van der Waals surface area contributed by atoms with Gasteiger partial charge in [-0.2, -0.15) is 0 Å². The molecule has 0 saturated heterocycles. The molecule has 3 nitrogen and oxygen atoms in total. The number of nitrogens with zero attached hydrogens (tertiary/aromatic N) is 1. The Kier molecular flexibility index (Phi) is 3.31. The second kappa shape index (κ2) is 5.67. The first kappa shape index (κ1) is 14.6. The molecule has 2 atom stereocenters. The molecular formula is C21H16N2OS. The molecule has 1 aromatic carbocycles. The molecule has 5 rings (SSSR count). The molecule has 1 aliphatic rings. The van der Waals surface area contributed by atoms with Gasteiger partial charge in [-0.15, -0.1) is 11.3 Å². The first-order valence-corrected chi connectivity index (χ1v) is 9.29. The third kappa shape index (κ3) is 2.50. The summed E-state index contributed by atoms with van der Waals surface area (Å²) in [6, 6.07) is 16.1. The summed E-state index contributed by atoms with van der Waals surface area (Å²) in [5, 5.41) is 3.40. The number of rotatable bonds is 4. The molecule has 1 aliphatic carbocycles. The Morgan fingerprint density at radius 1 is 1.08 bits per heavy atom. The molecule has 1 N–H and O–H groups in total. The van der Waals surface area contributed by atoms with E-state index in [4.69, 9.17) is 0 Å². The van der Waals surface area contributed by atoms with Crippen LogP contribution < -0.4 is 0 Å². The van der Waals surface area contributed by atoms with Crippen molar-refractivity contribution in [3.63, 3.8) is 0 Å². The highest BCUT2D eigenvalue weighted by Crippen LogP contribution is 2.56. The van der Waals surface area contributed by atoms with Gasteiger partial charge in [0, 0.05) is 23.3 Å². The zero-order valence-electron chi connectivity index (χ0n) is 13.5. The molecule has 3 aromatic heterocycles. The topological polar surface area (TPSA) is 45.8 Å². The van der Waals surface area contributed by atoms with Gasteiger partial charge in [0.25, 0.3) is 0 Å². The van der Waals surface area contributed by atoms with Crippen molar-refractivity contribution in [1.82, 2.24) is 9.97 Å². The Bertz CT molecular complexity index is 1050. The van der Waals surface area contributed by atoms with Crippen molar-refractivity contribution in [2.45, 2.75) is 18.3 Å². The summed E-state index contributed by atoms with van der Waals surface area (Å²) in [6.45, 7) is 0. The second-order valence-electron chi connectivity index (χ2n) is 6.52. The van der Waals surface area contributed by atoms with Crippen LogP contribution in [0.3, 0.4) is 0 Å². The van der Waals surface area contributed by atoms with Crippen molar-refractivity contribution in [2.75, 3.05) is 0 Å². The number of fused-ring (bicyclic) bond motifs is 1. The number of hydrogen-bond acceptors (Lipinski definition) is 3. The smallest absolute Gasteiger partial charge is 0.209 e. The summed E-state index contributed by atoms with van der Waals surface area (Å²) >= 11 is 1.70. The van der Waals surface area contributed by atoms with Crippen LogP contribution in [0.5, 0.6) is 0 Å². The number of thiophene rings is 1. The zero-order valence-corrected chi connectivity index (χ0v) is 14.3. The minimum absolute atomic E-state index is 0.0398. The van der Waals surface area contributed by atoms with Crippen LogP contribution in [0.15, 0.2) is 66.3 Å². The molecule has 3 heterocycles. The summed E-state index contributed by atoms with van der Waals surface area (Å²) in [7, 11) is 0. The van der Waals surface area contributed by atoms with E-state index < -0.39 is 0 Å². The number of aromatic amines is 1. The molecule has 1 fully saturated rings.